The molecule has 0 amide bonds. The molecule has 0 heterocycles. The highest BCUT2D eigenvalue weighted by atomic mass is 35.5. The van der Waals surface area contributed by atoms with Crippen molar-refractivity contribution in [1.82, 2.24) is 0 Å². The van der Waals surface area contributed by atoms with Gasteiger partial charge in [-0.1, -0.05) is 25.4 Å². The normalized spacial score (nSPS) is 12.2. The van der Waals surface area contributed by atoms with Crippen LogP contribution in [0.2, 0.25) is 5.02 Å². The number of halogens is 1. The molecule has 0 saturated carbocycles. The van der Waals surface area contributed by atoms with Crippen LogP contribution < -0.4 is 4.74 Å². The Hall–Kier alpha value is -1.20. The number of nitrogens with zero attached hydrogens (tertiary/aromatic N) is 1. The van der Waals surface area contributed by atoms with Crippen molar-refractivity contribution >= 4 is 11.6 Å². The van der Waals surface area contributed by atoms with E-state index < -0.39 is 0 Å². The molecule has 3 heteroatoms. The molecular formula is C13H16ClNO. The summed E-state index contributed by atoms with van der Waals surface area (Å²) in [6, 6.07) is 7.82. The molecule has 0 radical (unpaired) electrons. The highest BCUT2D eigenvalue weighted by Crippen LogP contribution is 2.27. The second-order valence-corrected chi connectivity index (χ2v) is 4.58. The van der Waals surface area contributed by atoms with Crippen molar-refractivity contribution in [3.8, 4) is 11.8 Å². The minimum atomic E-state index is -0.00707. The highest BCUT2D eigenvalue weighted by molar-refractivity contribution is 6.30. The predicted octanol–water partition coefficient (Wildman–Crippen LogP) is 3.69. The summed E-state index contributed by atoms with van der Waals surface area (Å²) in [5.74, 6) is 1.12. The lowest BCUT2D eigenvalue weighted by atomic mass is 9.90. The fourth-order valence-corrected chi connectivity index (χ4v) is 1.77. The van der Waals surface area contributed by atoms with E-state index in [0.717, 1.165) is 11.3 Å². The summed E-state index contributed by atoms with van der Waals surface area (Å²) in [7, 11) is 1.63. The molecule has 0 bridgehead atoms. The van der Waals surface area contributed by atoms with Crippen LogP contribution in [-0.2, 0) is 6.42 Å². The second kappa shape index (κ2) is 5.77. The van der Waals surface area contributed by atoms with Gasteiger partial charge >= 0.3 is 0 Å². The maximum atomic E-state index is 9.07. The standard InChI is InChI=1S/C13H16ClNO/c1-9(2)11(8-15)6-10-7-12(14)4-5-13(10)16-3/h4-5,7,9,11H,6H2,1-3H3. The smallest absolute Gasteiger partial charge is 0.122 e. The van der Waals surface area contributed by atoms with Crippen LogP contribution in [0.5, 0.6) is 5.75 Å². The number of hydrogen-bond donors (Lipinski definition) is 0. The largest absolute Gasteiger partial charge is 0.496 e. The first-order valence-electron chi connectivity index (χ1n) is 5.30. The minimum Gasteiger partial charge on any atom is -0.496 e. The summed E-state index contributed by atoms with van der Waals surface area (Å²) in [5.41, 5.74) is 0.996. The van der Waals surface area contributed by atoms with Gasteiger partial charge in [0, 0.05) is 5.02 Å². The number of nitriles is 1. The molecule has 16 heavy (non-hydrogen) atoms. The zero-order chi connectivity index (χ0) is 12.1. The van der Waals surface area contributed by atoms with Crippen LogP contribution in [0.25, 0.3) is 0 Å². The number of ether oxygens (including phenoxy) is 1. The molecule has 0 aliphatic rings. The number of rotatable bonds is 4. The van der Waals surface area contributed by atoms with Gasteiger partial charge in [0.1, 0.15) is 5.75 Å². The molecule has 1 aromatic rings. The van der Waals surface area contributed by atoms with Gasteiger partial charge in [-0.15, -0.1) is 0 Å². The Kier molecular flexibility index (Phi) is 4.64. The van der Waals surface area contributed by atoms with Gasteiger partial charge in [0.25, 0.3) is 0 Å². The molecule has 1 aromatic carbocycles. The molecule has 0 aromatic heterocycles. The van der Waals surface area contributed by atoms with Crippen molar-refractivity contribution in [2.24, 2.45) is 11.8 Å². The van der Waals surface area contributed by atoms with Gasteiger partial charge in [0.05, 0.1) is 19.1 Å². The third kappa shape index (κ3) is 3.15. The van der Waals surface area contributed by atoms with Crippen LogP contribution in [0.4, 0.5) is 0 Å². The molecule has 2 nitrogen and oxygen atoms in total. The average Bonchev–Trinajstić information content (AvgIpc) is 2.25. The van der Waals surface area contributed by atoms with Crippen LogP contribution in [0.3, 0.4) is 0 Å². The SMILES string of the molecule is COc1ccc(Cl)cc1CC(C#N)C(C)C. The van der Waals surface area contributed by atoms with Gasteiger partial charge < -0.3 is 4.74 Å². The summed E-state index contributed by atoms with van der Waals surface area (Å²) in [6.07, 6.45) is 0.678. The van der Waals surface area contributed by atoms with Crippen molar-refractivity contribution < 1.29 is 4.74 Å². The summed E-state index contributed by atoms with van der Waals surface area (Å²) < 4.78 is 5.26. The maximum Gasteiger partial charge on any atom is 0.122 e. The van der Waals surface area contributed by atoms with Gasteiger partial charge in [0.15, 0.2) is 0 Å². The van der Waals surface area contributed by atoms with E-state index in [0.29, 0.717) is 17.4 Å². The van der Waals surface area contributed by atoms with Crippen molar-refractivity contribution in [3.05, 3.63) is 28.8 Å². The summed E-state index contributed by atoms with van der Waals surface area (Å²) in [5, 5.41) is 9.74. The highest BCUT2D eigenvalue weighted by Gasteiger charge is 2.15. The lowest BCUT2D eigenvalue weighted by molar-refractivity contribution is 0.401. The molecule has 0 aliphatic carbocycles. The van der Waals surface area contributed by atoms with Crippen molar-refractivity contribution in [1.29, 1.82) is 5.26 Å². The first kappa shape index (κ1) is 12.9. The van der Waals surface area contributed by atoms with Crippen LogP contribution in [0.15, 0.2) is 18.2 Å². The summed E-state index contributed by atoms with van der Waals surface area (Å²) >= 11 is 5.94. The molecule has 1 atom stereocenters. The molecule has 0 fully saturated rings. The van der Waals surface area contributed by atoms with E-state index >= 15 is 0 Å². The monoisotopic (exact) mass is 237 g/mol. The quantitative estimate of drug-likeness (QED) is 0.800. The molecule has 0 aliphatic heterocycles. The van der Waals surface area contributed by atoms with E-state index in [1.807, 2.05) is 26.0 Å². The molecular weight excluding hydrogens is 222 g/mol. The Labute approximate surface area is 102 Å². The van der Waals surface area contributed by atoms with Crippen LogP contribution >= 0.6 is 11.6 Å². The lowest BCUT2D eigenvalue weighted by Gasteiger charge is -2.15. The van der Waals surface area contributed by atoms with Gasteiger partial charge in [-0.05, 0) is 36.1 Å². The zero-order valence-electron chi connectivity index (χ0n) is 9.83. The van der Waals surface area contributed by atoms with Gasteiger partial charge in [0.2, 0.25) is 0 Å². The molecule has 1 unspecified atom stereocenters. The number of benzene rings is 1. The minimum absolute atomic E-state index is 0.00707. The molecule has 1 rings (SSSR count). The first-order chi connectivity index (χ1) is 7.58. The summed E-state index contributed by atoms with van der Waals surface area (Å²) in [6.45, 7) is 4.09. The molecule has 0 spiro atoms. The molecule has 0 saturated heterocycles. The third-order valence-electron chi connectivity index (χ3n) is 2.65. The second-order valence-electron chi connectivity index (χ2n) is 4.14. The van der Waals surface area contributed by atoms with Gasteiger partial charge in [-0.25, -0.2) is 0 Å². The Morgan fingerprint density at radius 1 is 1.44 bits per heavy atom. The van der Waals surface area contributed by atoms with E-state index in [2.05, 4.69) is 6.07 Å². The number of methoxy groups -OCH3 is 1. The van der Waals surface area contributed by atoms with E-state index in [4.69, 9.17) is 21.6 Å². The maximum absolute atomic E-state index is 9.07. The van der Waals surface area contributed by atoms with E-state index in [-0.39, 0.29) is 5.92 Å². The van der Waals surface area contributed by atoms with Crippen molar-refractivity contribution in [3.63, 3.8) is 0 Å². The Morgan fingerprint density at radius 2 is 2.12 bits per heavy atom. The zero-order valence-corrected chi connectivity index (χ0v) is 10.6. The Morgan fingerprint density at radius 3 is 2.62 bits per heavy atom. The van der Waals surface area contributed by atoms with E-state index in [9.17, 15) is 0 Å². The lowest BCUT2D eigenvalue weighted by Crippen LogP contribution is -2.10. The fourth-order valence-electron chi connectivity index (χ4n) is 1.57. The molecule has 0 N–H and O–H groups in total. The number of hydrogen-bond acceptors (Lipinski definition) is 2. The van der Waals surface area contributed by atoms with E-state index in [1.54, 1.807) is 13.2 Å². The van der Waals surface area contributed by atoms with Crippen molar-refractivity contribution in [2.45, 2.75) is 20.3 Å². The van der Waals surface area contributed by atoms with E-state index in [1.165, 1.54) is 0 Å². The predicted molar refractivity (Wildman–Crippen MR) is 65.6 cm³/mol. The van der Waals surface area contributed by atoms with Gasteiger partial charge in [-0.3, -0.25) is 0 Å². The van der Waals surface area contributed by atoms with Crippen LogP contribution in [0.1, 0.15) is 19.4 Å². The average molecular weight is 238 g/mol. The fraction of sp³-hybridized carbons (Fsp3) is 0.462. The topological polar surface area (TPSA) is 33.0 Å². The third-order valence-corrected chi connectivity index (χ3v) is 2.89. The first-order valence-corrected chi connectivity index (χ1v) is 5.68. The Balaban J connectivity index is 2.95. The van der Waals surface area contributed by atoms with Crippen LogP contribution in [-0.4, -0.2) is 7.11 Å². The van der Waals surface area contributed by atoms with Crippen molar-refractivity contribution in [2.75, 3.05) is 7.11 Å². The van der Waals surface area contributed by atoms with Gasteiger partial charge in [-0.2, -0.15) is 5.26 Å². The Bertz CT molecular complexity index is 395. The van der Waals surface area contributed by atoms with Crippen LogP contribution in [0, 0.1) is 23.2 Å². The summed E-state index contributed by atoms with van der Waals surface area (Å²) in [4.78, 5) is 0. The molecule has 86 valence electrons.